The third-order valence-corrected chi connectivity index (χ3v) is 3.18. The highest BCUT2D eigenvalue weighted by atomic mass is 16.5. The maximum absolute atomic E-state index is 12.2. The van der Waals surface area contributed by atoms with Gasteiger partial charge in [0.25, 0.3) is 0 Å². The van der Waals surface area contributed by atoms with Crippen LogP contribution < -0.4 is 0 Å². The summed E-state index contributed by atoms with van der Waals surface area (Å²) in [6, 6.07) is 2.15. The third kappa shape index (κ3) is 3.05. The fraction of sp³-hybridized carbons (Fsp3) is 0.846. The van der Waals surface area contributed by atoms with Crippen LogP contribution in [0.3, 0.4) is 0 Å². The molecule has 0 aromatic rings. The minimum absolute atomic E-state index is 0.0375. The van der Waals surface area contributed by atoms with Crippen LogP contribution in [0.25, 0.3) is 0 Å². The molecule has 0 aromatic carbocycles. The van der Waals surface area contributed by atoms with Gasteiger partial charge in [0.2, 0.25) is 0 Å². The Morgan fingerprint density at radius 1 is 1.56 bits per heavy atom. The van der Waals surface area contributed by atoms with E-state index in [0.717, 1.165) is 12.8 Å². The quantitative estimate of drug-likeness (QED) is 0.719. The Kier molecular flexibility index (Phi) is 4.95. The number of Topliss-reactive ketones (excluding diaryl/α,β-unsaturated/α-hetero) is 1. The SMILES string of the molecule is CCC1OCCC1C(=O)C(C#N)CC(C)C. The van der Waals surface area contributed by atoms with Gasteiger partial charge in [0.1, 0.15) is 5.92 Å². The average molecular weight is 223 g/mol. The first-order valence-electron chi connectivity index (χ1n) is 6.15. The highest BCUT2D eigenvalue weighted by Gasteiger charge is 2.36. The van der Waals surface area contributed by atoms with E-state index in [1.807, 2.05) is 20.8 Å². The minimum Gasteiger partial charge on any atom is -0.377 e. The lowest BCUT2D eigenvalue weighted by molar-refractivity contribution is -0.127. The van der Waals surface area contributed by atoms with Gasteiger partial charge in [-0.3, -0.25) is 4.79 Å². The fourth-order valence-corrected chi connectivity index (χ4v) is 2.34. The van der Waals surface area contributed by atoms with Gasteiger partial charge in [0.15, 0.2) is 5.78 Å². The summed E-state index contributed by atoms with van der Waals surface area (Å²) in [4.78, 5) is 12.2. The lowest BCUT2D eigenvalue weighted by atomic mass is 9.84. The highest BCUT2D eigenvalue weighted by molar-refractivity contribution is 5.86. The zero-order valence-corrected chi connectivity index (χ0v) is 10.4. The second-order valence-corrected chi connectivity index (χ2v) is 4.93. The van der Waals surface area contributed by atoms with Gasteiger partial charge in [-0.05, 0) is 25.2 Å². The van der Waals surface area contributed by atoms with Crippen molar-refractivity contribution in [3.8, 4) is 6.07 Å². The molecule has 0 saturated carbocycles. The first kappa shape index (κ1) is 13.2. The summed E-state index contributed by atoms with van der Waals surface area (Å²) in [5.41, 5.74) is 0. The lowest BCUT2D eigenvalue weighted by Crippen LogP contribution is -2.29. The topological polar surface area (TPSA) is 50.1 Å². The molecule has 0 bridgehead atoms. The van der Waals surface area contributed by atoms with Gasteiger partial charge in [0.05, 0.1) is 12.2 Å². The number of rotatable bonds is 5. The molecule has 0 radical (unpaired) electrons. The Balaban J connectivity index is 2.64. The predicted octanol–water partition coefficient (Wildman–Crippen LogP) is 2.56. The summed E-state index contributed by atoms with van der Waals surface area (Å²) in [6.07, 6.45) is 2.35. The van der Waals surface area contributed by atoms with Crippen molar-refractivity contribution in [2.75, 3.05) is 6.61 Å². The van der Waals surface area contributed by atoms with E-state index in [2.05, 4.69) is 6.07 Å². The van der Waals surface area contributed by atoms with Gasteiger partial charge in [0, 0.05) is 12.5 Å². The molecule has 0 amide bonds. The van der Waals surface area contributed by atoms with Crippen LogP contribution >= 0.6 is 0 Å². The normalized spacial score (nSPS) is 26.7. The molecule has 1 aliphatic rings. The van der Waals surface area contributed by atoms with Crippen molar-refractivity contribution in [2.24, 2.45) is 17.8 Å². The zero-order valence-electron chi connectivity index (χ0n) is 10.4. The van der Waals surface area contributed by atoms with Crippen molar-refractivity contribution < 1.29 is 9.53 Å². The monoisotopic (exact) mass is 223 g/mol. The van der Waals surface area contributed by atoms with Gasteiger partial charge >= 0.3 is 0 Å². The van der Waals surface area contributed by atoms with E-state index < -0.39 is 5.92 Å². The molecule has 1 fully saturated rings. The van der Waals surface area contributed by atoms with Crippen LogP contribution in [0.1, 0.15) is 40.0 Å². The number of carbonyl (C=O) groups is 1. The molecule has 3 unspecified atom stereocenters. The molecule has 3 atom stereocenters. The van der Waals surface area contributed by atoms with E-state index in [-0.39, 0.29) is 17.8 Å². The van der Waals surface area contributed by atoms with Crippen LogP contribution in [0.2, 0.25) is 0 Å². The van der Waals surface area contributed by atoms with E-state index >= 15 is 0 Å². The third-order valence-electron chi connectivity index (χ3n) is 3.18. The van der Waals surface area contributed by atoms with Crippen molar-refractivity contribution in [1.29, 1.82) is 5.26 Å². The largest absolute Gasteiger partial charge is 0.377 e. The lowest BCUT2D eigenvalue weighted by Gasteiger charge is -2.19. The summed E-state index contributed by atoms with van der Waals surface area (Å²) in [7, 11) is 0. The zero-order chi connectivity index (χ0) is 12.1. The number of hydrogen-bond donors (Lipinski definition) is 0. The summed E-state index contributed by atoms with van der Waals surface area (Å²) in [6.45, 7) is 6.77. The fourth-order valence-electron chi connectivity index (χ4n) is 2.34. The maximum Gasteiger partial charge on any atom is 0.155 e. The Hall–Kier alpha value is -0.880. The van der Waals surface area contributed by atoms with E-state index in [4.69, 9.17) is 10.00 Å². The Morgan fingerprint density at radius 3 is 2.75 bits per heavy atom. The van der Waals surface area contributed by atoms with Crippen LogP contribution in [0.5, 0.6) is 0 Å². The molecule has 3 nitrogen and oxygen atoms in total. The van der Waals surface area contributed by atoms with Crippen molar-refractivity contribution in [3.05, 3.63) is 0 Å². The standard InChI is InChI=1S/C13H21NO2/c1-4-12-11(5-6-16-12)13(15)10(8-14)7-9(2)3/h9-12H,4-7H2,1-3H3. The molecule has 0 spiro atoms. The van der Waals surface area contributed by atoms with Crippen LogP contribution in [0, 0.1) is 29.1 Å². The second-order valence-electron chi connectivity index (χ2n) is 4.93. The van der Waals surface area contributed by atoms with Crippen LogP contribution in [-0.4, -0.2) is 18.5 Å². The molecule has 0 N–H and O–H groups in total. The predicted molar refractivity (Wildman–Crippen MR) is 61.7 cm³/mol. The van der Waals surface area contributed by atoms with Crippen molar-refractivity contribution in [2.45, 2.75) is 46.1 Å². The number of hydrogen-bond acceptors (Lipinski definition) is 3. The molecule has 3 heteroatoms. The smallest absolute Gasteiger partial charge is 0.155 e. The van der Waals surface area contributed by atoms with Gasteiger partial charge in [-0.1, -0.05) is 20.8 Å². The summed E-state index contributed by atoms with van der Waals surface area (Å²) in [5, 5.41) is 9.05. The van der Waals surface area contributed by atoms with Crippen LogP contribution in [-0.2, 0) is 9.53 Å². The molecule has 1 rings (SSSR count). The average Bonchev–Trinajstić information content (AvgIpc) is 2.72. The molecule has 0 aromatic heterocycles. The van der Waals surface area contributed by atoms with Crippen molar-refractivity contribution in [3.63, 3.8) is 0 Å². The summed E-state index contributed by atoms with van der Waals surface area (Å²) >= 11 is 0. The maximum atomic E-state index is 12.2. The molecular formula is C13H21NO2. The van der Waals surface area contributed by atoms with E-state index in [1.54, 1.807) is 0 Å². The molecular weight excluding hydrogens is 202 g/mol. The van der Waals surface area contributed by atoms with E-state index in [1.165, 1.54) is 0 Å². The molecule has 1 heterocycles. The molecule has 16 heavy (non-hydrogen) atoms. The van der Waals surface area contributed by atoms with Gasteiger partial charge in [-0.25, -0.2) is 0 Å². The van der Waals surface area contributed by atoms with Gasteiger partial charge < -0.3 is 4.74 Å². The van der Waals surface area contributed by atoms with E-state index in [0.29, 0.717) is 18.9 Å². The molecule has 0 aliphatic carbocycles. The van der Waals surface area contributed by atoms with Crippen LogP contribution in [0.4, 0.5) is 0 Å². The van der Waals surface area contributed by atoms with Crippen molar-refractivity contribution >= 4 is 5.78 Å². The first-order chi connectivity index (χ1) is 7.60. The summed E-state index contributed by atoms with van der Waals surface area (Å²) in [5.74, 6) is -0.00861. The van der Waals surface area contributed by atoms with Crippen LogP contribution in [0.15, 0.2) is 0 Å². The Morgan fingerprint density at radius 2 is 2.25 bits per heavy atom. The highest BCUT2D eigenvalue weighted by Crippen LogP contribution is 2.28. The van der Waals surface area contributed by atoms with Gasteiger partial charge in [-0.15, -0.1) is 0 Å². The molecule has 90 valence electrons. The summed E-state index contributed by atoms with van der Waals surface area (Å²) < 4.78 is 5.51. The Bertz CT molecular complexity index is 280. The number of nitrogens with zero attached hydrogens (tertiary/aromatic N) is 1. The number of carbonyl (C=O) groups excluding carboxylic acids is 1. The number of ether oxygens (including phenoxy) is 1. The molecule has 1 saturated heterocycles. The van der Waals surface area contributed by atoms with Gasteiger partial charge in [-0.2, -0.15) is 5.26 Å². The molecule has 1 aliphatic heterocycles. The van der Waals surface area contributed by atoms with E-state index in [9.17, 15) is 4.79 Å². The Labute approximate surface area is 97.8 Å². The first-order valence-corrected chi connectivity index (χ1v) is 6.15. The minimum atomic E-state index is -0.444. The second kappa shape index (κ2) is 6.00. The van der Waals surface area contributed by atoms with Crippen molar-refractivity contribution in [1.82, 2.24) is 0 Å². The number of nitriles is 1. The number of ketones is 1.